The van der Waals surface area contributed by atoms with Gasteiger partial charge in [0, 0.05) is 43.7 Å². The van der Waals surface area contributed by atoms with Crippen LogP contribution in [0.25, 0.3) is 123 Å². The Kier molecular flexibility index (Phi) is 8.18. The SMILES string of the molecule is CC1(C)c2ccccc2-c2c(-c3cccc(-c4ccc5oc6cccc(-c7nc(-c8ccc(-c9ccccc9)cc8)nc(-c8cccc9oc%10ccccc%10c89)n7)c6c5c4)c3)cccc21. The maximum absolute atomic E-state index is 6.60. The van der Waals surface area contributed by atoms with E-state index in [1.54, 1.807) is 0 Å². The van der Waals surface area contributed by atoms with Crippen molar-refractivity contribution in [3.05, 3.63) is 211 Å². The van der Waals surface area contributed by atoms with Crippen molar-refractivity contribution >= 4 is 43.9 Å². The molecule has 5 heteroatoms. The van der Waals surface area contributed by atoms with Gasteiger partial charge in [0.1, 0.15) is 22.3 Å². The third kappa shape index (κ3) is 5.89. The van der Waals surface area contributed by atoms with E-state index in [4.69, 9.17) is 23.8 Å². The van der Waals surface area contributed by atoms with Gasteiger partial charge in [-0.15, -0.1) is 0 Å². The first-order chi connectivity index (χ1) is 32.0. The van der Waals surface area contributed by atoms with Crippen LogP contribution in [-0.4, -0.2) is 15.0 Å². The molecule has 3 heterocycles. The highest BCUT2D eigenvalue weighted by molar-refractivity contribution is 6.14. The van der Waals surface area contributed by atoms with Crippen LogP contribution < -0.4 is 0 Å². The van der Waals surface area contributed by atoms with Crippen LogP contribution >= 0.6 is 0 Å². The van der Waals surface area contributed by atoms with E-state index < -0.39 is 0 Å². The highest BCUT2D eigenvalue weighted by Crippen LogP contribution is 2.52. The fraction of sp³-hybridized carbons (Fsp3) is 0.0500. The van der Waals surface area contributed by atoms with Crippen LogP contribution in [0.5, 0.6) is 0 Å². The molecule has 0 atom stereocenters. The van der Waals surface area contributed by atoms with Crippen molar-refractivity contribution in [1.82, 2.24) is 15.0 Å². The van der Waals surface area contributed by atoms with Gasteiger partial charge in [0.05, 0.1) is 0 Å². The third-order valence-corrected chi connectivity index (χ3v) is 13.4. The Bertz CT molecular complexity index is 3860. The molecule has 3 aromatic heterocycles. The molecule has 1 aliphatic rings. The molecule has 0 saturated carbocycles. The summed E-state index contributed by atoms with van der Waals surface area (Å²) in [5, 5.41) is 3.93. The van der Waals surface area contributed by atoms with Gasteiger partial charge in [-0.05, 0) is 92.0 Å². The molecule has 65 heavy (non-hydrogen) atoms. The number of aromatic nitrogens is 3. The summed E-state index contributed by atoms with van der Waals surface area (Å²) in [6.07, 6.45) is 0. The Morgan fingerprint density at radius 1 is 0.323 bits per heavy atom. The largest absolute Gasteiger partial charge is 0.456 e. The lowest BCUT2D eigenvalue weighted by atomic mass is 9.82. The van der Waals surface area contributed by atoms with Gasteiger partial charge in [-0.1, -0.05) is 178 Å². The molecule has 0 saturated heterocycles. The Morgan fingerprint density at radius 3 is 1.60 bits per heavy atom. The van der Waals surface area contributed by atoms with Crippen LogP contribution in [0.15, 0.2) is 209 Å². The van der Waals surface area contributed by atoms with E-state index in [0.717, 1.165) is 82.8 Å². The number of nitrogens with zero attached hydrogens (tertiary/aromatic N) is 3. The van der Waals surface area contributed by atoms with Crippen LogP contribution in [0.1, 0.15) is 25.0 Å². The number of fused-ring (bicyclic) bond motifs is 9. The van der Waals surface area contributed by atoms with E-state index in [2.05, 4.69) is 166 Å². The van der Waals surface area contributed by atoms with Gasteiger partial charge in [-0.2, -0.15) is 0 Å². The van der Waals surface area contributed by atoms with Crippen molar-refractivity contribution in [1.29, 1.82) is 0 Å². The highest BCUT2D eigenvalue weighted by atomic mass is 16.3. The highest BCUT2D eigenvalue weighted by Gasteiger charge is 2.36. The molecular formula is C60H39N3O2. The summed E-state index contributed by atoms with van der Waals surface area (Å²) in [5.74, 6) is 1.70. The molecule has 5 nitrogen and oxygen atoms in total. The molecule has 0 amide bonds. The summed E-state index contributed by atoms with van der Waals surface area (Å²) in [6, 6.07) is 70.2. The summed E-state index contributed by atoms with van der Waals surface area (Å²) in [6.45, 7) is 4.67. The minimum absolute atomic E-state index is 0.0708. The second-order valence-corrected chi connectivity index (χ2v) is 17.5. The number of hydrogen-bond acceptors (Lipinski definition) is 5. The minimum atomic E-state index is -0.0708. The Morgan fingerprint density at radius 2 is 0.815 bits per heavy atom. The second kappa shape index (κ2) is 14.3. The third-order valence-electron chi connectivity index (χ3n) is 13.4. The van der Waals surface area contributed by atoms with Crippen molar-refractivity contribution < 1.29 is 8.83 Å². The summed E-state index contributed by atoms with van der Waals surface area (Å²) in [5.41, 5.74) is 18.0. The van der Waals surface area contributed by atoms with E-state index in [9.17, 15) is 0 Å². The lowest BCUT2D eigenvalue weighted by molar-refractivity contribution is 0.660. The lowest BCUT2D eigenvalue weighted by Crippen LogP contribution is -2.14. The molecule has 1 aliphatic carbocycles. The van der Waals surface area contributed by atoms with Crippen molar-refractivity contribution in [2.45, 2.75) is 19.3 Å². The van der Waals surface area contributed by atoms with Crippen LogP contribution in [0.4, 0.5) is 0 Å². The van der Waals surface area contributed by atoms with Crippen LogP contribution in [0, 0.1) is 0 Å². The van der Waals surface area contributed by atoms with E-state index in [0.29, 0.717) is 17.5 Å². The summed E-state index contributed by atoms with van der Waals surface area (Å²) >= 11 is 0. The molecule has 306 valence electrons. The van der Waals surface area contributed by atoms with E-state index in [1.165, 1.54) is 33.4 Å². The zero-order chi connectivity index (χ0) is 43.2. The fourth-order valence-corrected chi connectivity index (χ4v) is 10.2. The van der Waals surface area contributed by atoms with Gasteiger partial charge in [0.25, 0.3) is 0 Å². The summed E-state index contributed by atoms with van der Waals surface area (Å²) < 4.78 is 12.9. The normalized spacial score (nSPS) is 12.9. The van der Waals surface area contributed by atoms with Gasteiger partial charge in [-0.25, -0.2) is 15.0 Å². The second-order valence-electron chi connectivity index (χ2n) is 17.5. The first-order valence-corrected chi connectivity index (χ1v) is 22.1. The molecule has 0 radical (unpaired) electrons. The molecule has 0 N–H and O–H groups in total. The monoisotopic (exact) mass is 833 g/mol. The molecule has 13 rings (SSSR count). The predicted molar refractivity (Wildman–Crippen MR) is 265 cm³/mol. The zero-order valence-corrected chi connectivity index (χ0v) is 35.7. The number of furan rings is 2. The first kappa shape index (κ1) is 37.2. The Labute approximate surface area is 375 Å². The average Bonchev–Trinajstić information content (AvgIpc) is 4.01. The smallest absolute Gasteiger partial charge is 0.164 e. The van der Waals surface area contributed by atoms with Gasteiger partial charge in [0.15, 0.2) is 17.5 Å². The first-order valence-electron chi connectivity index (χ1n) is 22.1. The quantitative estimate of drug-likeness (QED) is 0.167. The summed E-state index contributed by atoms with van der Waals surface area (Å²) in [7, 11) is 0. The van der Waals surface area contributed by atoms with Gasteiger partial charge >= 0.3 is 0 Å². The van der Waals surface area contributed by atoms with E-state index >= 15 is 0 Å². The van der Waals surface area contributed by atoms with Crippen molar-refractivity contribution in [2.75, 3.05) is 0 Å². The number of para-hydroxylation sites is 1. The van der Waals surface area contributed by atoms with Gasteiger partial charge in [0.2, 0.25) is 0 Å². The minimum Gasteiger partial charge on any atom is -0.456 e. The maximum Gasteiger partial charge on any atom is 0.164 e. The number of benzene rings is 9. The van der Waals surface area contributed by atoms with E-state index in [-0.39, 0.29) is 5.41 Å². The lowest BCUT2D eigenvalue weighted by Gasteiger charge is -2.21. The Balaban J connectivity index is 0.974. The van der Waals surface area contributed by atoms with Crippen molar-refractivity contribution in [2.24, 2.45) is 0 Å². The standard InChI is InChI=1S/C60H39N3O2/c1-60(2)48-23-8-6-18-43(48)54-42(20-11-24-49(54)60)41-17-10-16-39(34-41)40-32-33-51-47(35-40)56-46(22-13-27-53(56)65-51)59-62-57(38-30-28-37(29-31-38)36-14-4-3-5-15-36)61-58(63-59)45-21-12-26-52-55(45)44-19-7-9-25-50(44)64-52/h3-35H,1-2H3. The van der Waals surface area contributed by atoms with Crippen LogP contribution in [0.3, 0.4) is 0 Å². The zero-order valence-electron chi connectivity index (χ0n) is 35.7. The molecule has 0 aliphatic heterocycles. The Hall–Kier alpha value is -8.41. The van der Waals surface area contributed by atoms with Crippen molar-refractivity contribution in [3.63, 3.8) is 0 Å². The number of rotatable bonds is 6. The maximum atomic E-state index is 6.60. The molecule has 0 unspecified atom stereocenters. The molecule has 0 fully saturated rings. The number of hydrogen-bond donors (Lipinski definition) is 0. The molecular weight excluding hydrogens is 795 g/mol. The summed E-state index contributed by atoms with van der Waals surface area (Å²) in [4.78, 5) is 15.8. The van der Waals surface area contributed by atoms with Crippen molar-refractivity contribution in [3.8, 4) is 78.7 Å². The molecule has 9 aromatic carbocycles. The van der Waals surface area contributed by atoms with Gasteiger partial charge in [-0.3, -0.25) is 0 Å². The average molecular weight is 834 g/mol. The fourth-order valence-electron chi connectivity index (χ4n) is 10.2. The molecule has 12 aromatic rings. The van der Waals surface area contributed by atoms with Crippen LogP contribution in [-0.2, 0) is 5.41 Å². The van der Waals surface area contributed by atoms with Crippen LogP contribution in [0.2, 0.25) is 0 Å². The predicted octanol–water partition coefficient (Wildman–Crippen LogP) is 16.0. The van der Waals surface area contributed by atoms with Gasteiger partial charge < -0.3 is 8.83 Å². The topological polar surface area (TPSA) is 65.0 Å². The molecule has 0 spiro atoms. The van der Waals surface area contributed by atoms with E-state index in [1.807, 2.05) is 48.5 Å². The molecule has 0 bridgehead atoms.